The van der Waals surface area contributed by atoms with Crippen LogP contribution in [-0.4, -0.2) is 38.6 Å². The average molecular weight is 271 g/mol. The van der Waals surface area contributed by atoms with Gasteiger partial charge in [-0.05, 0) is 37.6 Å². The van der Waals surface area contributed by atoms with E-state index >= 15 is 0 Å². The molecule has 2 nitrogen and oxygen atoms in total. The van der Waals surface area contributed by atoms with Crippen LogP contribution in [-0.2, 0) is 5.88 Å². The summed E-state index contributed by atoms with van der Waals surface area (Å²) in [5.41, 5.74) is 1.52. The Morgan fingerprint density at radius 3 is 2.89 bits per heavy atom. The molecule has 2 rings (SSSR count). The highest BCUT2D eigenvalue weighted by molar-refractivity contribution is 6.17. The van der Waals surface area contributed by atoms with Crippen molar-refractivity contribution in [2.45, 2.75) is 12.3 Å². The number of benzene rings is 1. The normalized spacial score (nSPS) is 20.3. The van der Waals surface area contributed by atoms with Gasteiger partial charge in [-0.2, -0.15) is 0 Å². The molecule has 4 heteroatoms. The molecule has 100 valence electrons. The number of hydrogen-bond acceptors (Lipinski definition) is 2. The van der Waals surface area contributed by atoms with Crippen molar-refractivity contribution in [3.05, 3.63) is 29.6 Å². The molecule has 0 spiro atoms. The van der Waals surface area contributed by atoms with Crippen LogP contribution in [0.2, 0.25) is 0 Å². The third-order valence-electron chi connectivity index (χ3n) is 3.62. The molecule has 1 fully saturated rings. The highest BCUT2D eigenvalue weighted by atomic mass is 35.5. The van der Waals surface area contributed by atoms with E-state index in [-0.39, 0.29) is 5.82 Å². The standard InChI is InChI=1S/C14H20ClFN2/c1-17-7-6-11(9-17)10-18(2)14-12(8-15)4-3-5-13(14)16/h3-5,11H,6-10H2,1-2H3. The molecule has 1 aliphatic rings. The van der Waals surface area contributed by atoms with Crippen LogP contribution in [0.15, 0.2) is 18.2 Å². The lowest BCUT2D eigenvalue weighted by molar-refractivity contribution is 0.395. The summed E-state index contributed by atoms with van der Waals surface area (Å²) in [6.07, 6.45) is 1.19. The van der Waals surface area contributed by atoms with E-state index in [9.17, 15) is 4.39 Å². The van der Waals surface area contributed by atoms with Gasteiger partial charge in [0.15, 0.2) is 0 Å². The van der Waals surface area contributed by atoms with E-state index in [1.807, 2.05) is 18.0 Å². The minimum absolute atomic E-state index is 0.179. The molecule has 1 atom stereocenters. The molecule has 0 radical (unpaired) electrons. The molecule has 1 heterocycles. The van der Waals surface area contributed by atoms with E-state index in [1.165, 1.54) is 12.5 Å². The molecular formula is C14H20ClFN2. The van der Waals surface area contributed by atoms with Crippen LogP contribution in [0.4, 0.5) is 10.1 Å². The van der Waals surface area contributed by atoms with Gasteiger partial charge in [-0.3, -0.25) is 0 Å². The SMILES string of the molecule is CN1CCC(CN(C)c2c(F)cccc2CCl)C1. The summed E-state index contributed by atoms with van der Waals surface area (Å²) in [5.74, 6) is 0.784. The van der Waals surface area contributed by atoms with Gasteiger partial charge in [-0.25, -0.2) is 4.39 Å². The van der Waals surface area contributed by atoms with E-state index in [0.717, 1.165) is 25.2 Å². The maximum absolute atomic E-state index is 13.9. The Balaban J connectivity index is 2.10. The first-order valence-electron chi connectivity index (χ1n) is 6.35. The summed E-state index contributed by atoms with van der Waals surface area (Å²) < 4.78 is 13.9. The minimum Gasteiger partial charge on any atom is -0.372 e. The maximum atomic E-state index is 13.9. The zero-order valence-electron chi connectivity index (χ0n) is 11.0. The fourth-order valence-electron chi connectivity index (χ4n) is 2.75. The molecule has 0 amide bonds. The predicted octanol–water partition coefficient (Wildman–Crippen LogP) is 2.95. The van der Waals surface area contributed by atoms with Crippen molar-refractivity contribution in [3.8, 4) is 0 Å². The van der Waals surface area contributed by atoms with E-state index < -0.39 is 0 Å². The molecule has 1 aromatic rings. The first kappa shape index (κ1) is 13.6. The second-order valence-corrected chi connectivity index (χ2v) is 5.45. The number of nitrogens with zero attached hydrogens (tertiary/aromatic N) is 2. The number of anilines is 1. The highest BCUT2D eigenvalue weighted by Gasteiger charge is 2.22. The predicted molar refractivity (Wildman–Crippen MR) is 74.8 cm³/mol. The molecule has 0 aromatic heterocycles. The summed E-state index contributed by atoms with van der Waals surface area (Å²) in [4.78, 5) is 4.33. The molecule has 0 bridgehead atoms. The van der Waals surface area contributed by atoms with Crippen molar-refractivity contribution >= 4 is 17.3 Å². The molecule has 1 saturated heterocycles. The van der Waals surface area contributed by atoms with Gasteiger partial charge in [-0.15, -0.1) is 11.6 Å². The Morgan fingerprint density at radius 2 is 2.28 bits per heavy atom. The van der Waals surface area contributed by atoms with Crippen LogP contribution < -0.4 is 4.90 Å². The van der Waals surface area contributed by atoms with Gasteiger partial charge in [0.05, 0.1) is 5.69 Å². The number of para-hydroxylation sites is 1. The monoisotopic (exact) mass is 270 g/mol. The van der Waals surface area contributed by atoms with Gasteiger partial charge in [0.2, 0.25) is 0 Å². The van der Waals surface area contributed by atoms with Gasteiger partial charge in [0.25, 0.3) is 0 Å². The second-order valence-electron chi connectivity index (χ2n) is 5.18. The summed E-state index contributed by atoms with van der Waals surface area (Å²) in [6, 6.07) is 5.11. The number of alkyl halides is 1. The minimum atomic E-state index is -0.179. The van der Waals surface area contributed by atoms with Gasteiger partial charge >= 0.3 is 0 Å². The number of likely N-dealkylation sites (tertiary alicyclic amines) is 1. The highest BCUT2D eigenvalue weighted by Crippen LogP contribution is 2.27. The largest absolute Gasteiger partial charge is 0.372 e. The number of rotatable bonds is 4. The Hall–Kier alpha value is -0.800. The topological polar surface area (TPSA) is 6.48 Å². The van der Waals surface area contributed by atoms with Crippen molar-refractivity contribution in [3.63, 3.8) is 0 Å². The van der Waals surface area contributed by atoms with Gasteiger partial charge in [0.1, 0.15) is 5.82 Å². The van der Waals surface area contributed by atoms with Crippen LogP contribution in [0.25, 0.3) is 0 Å². The lowest BCUT2D eigenvalue weighted by atomic mass is 10.1. The Morgan fingerprint density at radius 1 is 1.50 bits per heavy atom. The summed E-state index contributed by atoms with van der Waals surface area (Å²) >= 11 is 5.89. The zero-order chi connectivity index (χ0) is 13.1. The summed E-state index contributed by atoms with van der Waals surface area (Å²) in [7, 11) is 4.08. The number of hydrogen-bond donors (Lipinski definition) is 0. The maximum Gasteiger partial charge on any atom is 0.146 e. The van der Waals surface area contributed by atoms with Crippen molar-refractivity contribution in [1.82, 2.24) is 4.90 Å². The quantitative estimate of drug-likeness (QED) is 0.776. The van der Waals surface area contributed by atoms with E-state index in [0.29, 0.717) is 17.5 Å². The van der Waals surface area contributed by atoms with Crippen LogP contribution in [0.5, 0.6) is 0 Å². The molecule has 0 aliphatic carbocycles. The Labute approximate surface area is 113 Å². The first-order valence-corrected chi connectivity index (χ1v) is 6.88. The molecule has 0 saturated carbocycles. The molecule has 1 unspecified atom stereocenters. The second kappa shape index (κ2) is 5.89. The molecule has 1 aromatic carbocycles. The van der Waals surface area contributed by atoms with Gasteiger partial charge in [0, 0.05) is 26.0 Å². The van der Waals surface area contributed by atoms with E-state index in [4.69, 9.17) is 11.6 Å². The lowest BCUT2D eigenvalue weighted by Gasteiger charge is -2.25. The van der Waals surface area contributed by atoms with Crippen molar-refractivity contribution in [2.24, 2.45) is 5.92 Å². The van der Waals surface area contributed by atoms with Crippen LogP contribution in [0.1, 0.15) is 12.0 Å². The molecule has 0 N–H and O–H groups in total. The van der Waals surface area contributed by atoms with Crippen molar-refractivity contribution in [1.29, 1.82) is 0 Å². The third-order valence-corrected chi connectivity index (χ3v) is 3.90. The van der Waals surface area contributed by atoms with E-state index in [2.05, 4.69) is 11.9 Å². The van der Waals surface area contributed by atoms with Crippen molar-refractivity contribution in [2.75, 3.05) is 38.6 Å². The number of halogens is 2. The average Bonchev–Trinajstić information content (AvgIpc) is 2.74. The van der Waals surface area contributed by atoms with Gasteiger partial charge in [-0.1, -0.05) is 12.1 Å². The third kappa shape index (κ3) is 2.96. The first-order chi connectivity index (χ1) is 8.61. The molecule has 1 aliphatic heterocycles. The fraction of sp³-hybridized carbons (Fsp3) is 0.571. The van der Waals surface area contributed by atoms with Crippen molar-refractivity contribution < 1.29 is 4.39 Å². The van der Waals surface area contributed by atoms with Gasteiger partial charge < -0.3 is 9.80 Å². The zero-order valence-corrected chi connectivity index (χ0v) is 11.8. The lowest BCUT2D eigenvalue weighted by Crippen LogP contribution is -2.28. The van der Waals surface area contributed by atoms with Crippen LogP contribution in [0, 0.1) is 11.7 Å². The van der Waals surface area contributed by atoms with Crippen LogP contribution in [0.3, 0.4) is 0 Å². The Kier molecular flexibility index (Phi) is 4.46. The Bertz CT molecular complexity index is 411. The smallest absolute Gasteiger partial charge is 0.146 e. The molecular weight excluding hydrogens is 251 g/mol. The summed E-state index contributed by atoms with van der Waals surface area (Å²) in [5, 5.41) is 0. The van der Waals surface area contributed by atoms with E-state index in [1.54, 1.807) is 6.07 Å². The summed E-state index contributed by atoms with van der Waals surface area (Å²) in [6.45, 7) is 3.11. The fourth-order valence-corrected chi connectivity index (χ4v) is 2.96. The van der Waals surface area contributed by atoms with Crippen LogP contribution >= 0.6 is 11.6 Å². The molecule has 18 heavy (non-hydrogen) atoms.